The first-order valence-electron chi connectivity index (χ1n) is 7.88. The summed E-state index contributed by atoms with van der Waals surface area (Å²) < 4.78 is 13.9. The van der Waals surface area contributed by atoms with Gasteiger partial charge in [-0.25, -0.2) is 4.39 Å². The number of piperidine rings is 1. The summed E-state index contributed by atoms with van der Waals surface area (Å²) in [6, 6.07) is 6.87. The van der Waals surface area contributed by atoms with E-state index in [2.05, 4.69) is 12.2 Å². The second kappa shape index (κ2) is 5.76. The first-order chi connectivity index (χ1) is 10.1. The van der Waals surface area contributed by atoms with Crippen molar-refractivity contribution >= 4 is 5.91 Å². The maximum atomic E-state index is 13.9. The number of nitrogens with zero attached hydrogens (tertiary/aromatic N) is 1. The van der Waals surface area contributed by atoms with Crippen molar-refractivity contribution in [3.63, 3.8) is 0 Å². The smallest absolute Gasteiger partial charge is 0.236 e. The number of hydrogen-bond donors (Lipinski definition) is 1. The van der Waals surface area contributed by atoms with Crippen LogP contribution in [-0.2, 0) is 10.3 Å². The number of benzene rings is 1. The second-order valence-electron chi connectivity index (χ2n) is 6.50. The largest absolute Gasteiger partial charge is 0.341 e. The van der Waals surface area contributed by atoms with E-state index in [4.69, 9.17) is 0 Å². The zero-order valence-electron chi connectivity index (χ0n) is 12.6. The molecule has 114 valence electrons. The van der Waals surface area contributed by atoms with E-state index in [1.807, 2.05) is 17.0 Å². The third-order valence-corrected chi connectivity index (χ3v) is 4.73. The summed E-state index contributed by atoms with van der Waals surface area (Å²) in [5, 5.41) is 3.31. The topological polar surface area (TPSA) is 32.3 Å². The minimum atomic E-state index is -0.317. The number of hydrogen-bond acceptors (Lipinski definition) is 2. The minimum Gasteiger partial charge on any atom is -0.341 e. The van der Waals surface area contributed by atoms with Gasteiger partial charge in [-0.05, 0) is 37.7 Å². The van der Waals surface area contributed by atoms with Crippen molar-refractivity contribution in [3.05, 3.63) is 35.6 Å². The fourth-order valence-electron chi connectivity index (χ4n) is 3.29. The molecule has 1 aliphatic carbocycles. The molecule has 0 unspecified atom stereocenters. The molecule has 1 aromatic carbocycles. The third-order valence-electron chi connectivity index (χ3n) is 4.73. The third kappa shape index (κ3) is 3.10. The van der Waals surface area contributed by atoms with Crippen LogP contribution >= 0.6 is 0 Å². The highest BCUT2D eigenvalue weighted by molar-refractivity contribution is 5.78. The lowest BCUT2D eigenvalue weighted by atomic mass is 10.00. The monoisotopic (exact) mass is 290 g/mol. The number of rotatable bonds is 4. The molecule has 1 heterocycles. The quantitative estimate of drug-likeness (QED) is 0.924. The molecule has 0 spiro atoms. The van der Waals surface area contributed by atoms with Gasteiger partial charge in [-0.2, -0.15) is 0 Å². The summed E-state index contributed by atoms with van der Waals surface area (Å²) in [5.74, 6) is 0.551. The van der Waals surface area contributed by atoms with Crippen LogP contribution in [0.25, 0.3) is 0 Å². The molecule has 1 N–H and O–H groups in total. The van der Waals surface area contributed by atoms with Crippen LogP contribution in [0.2, 0.25) is 0 Å². The minimum absolute atomic E-state index is 0.143. The zero-order chi connectivity index (χ0) is 14.9. The predicted octanol–water partition coefficient (Wildman–Crippen LogP) is 2.66. The summed E-state index contributed by atoms with van der Waals surface area (Å²) in [7, 11) is 0. The lowest BCUT2D eigenvalue weighted by Gasteiger charge is -2.31. The number of likely N-dealkylation sites (tertiary alicyclic amines) is 1. The van der Waals surface area contributed by atoms with Crippen LogP contribution in [0, 0.1) is 11.7 Å². The van der Waals surface area contributed by atoms with E-state index >= 15 is 0 Å². The lowest BCUT2D eigenvalue weighted by molar-refractivity contribution is -0.132. The van der Waals surface area contributed by atoms with Crippen LogP contribution in [-0.4, -0.2) is 30.4 Å². The van der Waals surface area contributed by atoms with Gasteiger partial charge in [0, 0.05) is 24.2 Å². The molecule has 4 heteroatoms. The highest BCUT2D eigenvalue weighted by Gasteiger charge is 2.46. The molecular weight excluding hydrogens is 267 g/mol. The Labute approximate surface area is 125 Å². The van der Waals surface area contributed by atoms with Gasteiger partial charge in [-0.3, -0.25) is 10.1 Å². The van der Waals surface area contributed by atoms with Gasteiger partial charge in [-0.1, -0.05) is 25.1 Å². The number of carbonyl (C=O) groups excluding carboxylic acids is 1. The molecule has 1 saturated carbocycles. The molecule has 1 aromatic rings. The van der Waals surface area contributed by atoms with Crippen LogP contribution < -0.4 is 5.32 Å². The van der Waals surface area contributed by atoms with Gasteiger partial charge in [0.2, 0.25) is 5.91 Å². The van der Waals surface area contributed by atoms with E-state index in [0.29, 0.717) is 18.0 Å². The highest BCUT2D eigenvalue weighted by Crippen LogP contribution is 2.46. The summed E-state index contributed by atoms with van der Waals surface area (Å²) in [4.78, 5) is 14.2. The molecule has 2 fully saturated rings. The standard InChI is InChI=1S/C17H23FN2O/c1-13-5-4-10-20(12-13)16(21)11-19-17(8-9-17)14-6-2-3-7-15(14)18/h2-3,6-7,13,19H,4-5,8-12H2,1H3/t13-/m0/s1. The fraction of sp³-hybridized carbons (Fsp3) is 0.588. The van der Waals surface area contributed by atoms with Crippen LogP contribution in [0.1, 0.15) is 38.2 Å². The first kappa shape index (κ1) is 14.5. The summed E-state index contributed by atoms with van der Waals surface area (Å²) in [6.45, 7) is 4.21. The van der Waals surface area contributed by atoms with Crippen molar-refractivity contribution in [1.29, 1.82) is 0 Å². The van der Waals surface area contributed by atoms with Crippen molar-refractivity contribution in [1.82, 2.24) is 10.2 Å². The van der Waals surface area contributed by atoms with Crippen molar-refractivity contribution < 1.29 is 9.18 Å². The van der Waals surface area contributed by atoms with E-state index in [1.54, 1.807) is 6.07 Å². The molecule has 1 amide bonds. The van der Waals surface area contributed by atoms with Gasteiger partial charge < -0.3 is 4.90 Å². The molecule has 3 nitrogen and oxygen atoms in total. The van der Waals surface area contributed by atoms with E-state index in [-0.39, 0.29) is 17.3 Å². The number of nitrogens with one attached hydrogen (secondary N) is 1. The Morgan fingerprint density at radius 3 is 2.86 bits per heavy atom. The van der Waals surface area contributed by atoms with Gasteiger partial charge in [0.25, 0.3) is 0 Å². The summed E-state index contributed by atoms with van der Waals surface area (Å²) in [5.41, 5.74) is 0.382. The predicted molar refractivity (Wildman–Crippen MR) is 80.3 cm³/mol. The van der Waals surface area contributed by atoms with Crippen molar-refractivity contribution in [2.45, 2.75) is 38.1 Å². The molecule has 0 bridgehead atoms. The Morgan fingerprint density at radius 1 is 1.43 bits per heavy atom. The van der Waals surface area contributed by atoms with Crippen molar-refractivity contribution in [2.75, 3.05) is 19.6 Å². The zero-order valence-corrected chi connectivity index (χ0v) is 12.6. The van der Waals surface area contributed by atoms with Gasteiger partial charge in [0.15, 0.2) is 0 Å². The van der Waals surface area contributed by atoms with Crippen LogP contribution in [0.15, 0.2) is 24.3 Å². The molecule has 0 radical (unpaired) electrons. The molecule has 3 rings (SSSR count). The number of carbonyl (C=O) groups is 1. The van der Waals surface area contributed by atoms with Gasteiger partial charge in [-0.15, -0.1) is 0 Å². The van der Waals surface area contributed by atoms with Crippen LogP contribution in [0.4, 0.5) is 4.39 Å². The lowest BCUT2D eigenvalue weighted by Crippen LogP contribution is -2.45. The normalized spacial score (nSPS) is 23.9. The maximum absolute atomic E-state index is 13.9. The van der Waals surface area contributed by atoms with Gasteiger partial charge in [0.1, 0.15) is 5.82 Å². The number of amides is 1. The molecule has 1 saturated heterocycles. The maximum Gasteiger partial charge on any atom is 0.236 e. The summed E-state index contributed by atoms with van der Waals surface area (Å²) >= 11 is 0. The Morgan fingerprint density at radius 2 is 2.19 bits per heavy atom. The van der Waals surface area contributed by atoms with Crippen molar-refractivity contribution in [3.8, 4) is 0 Å². The Kier molecular flexibility index (Phi) is 3.98. The van der Waals surface area contributed by atoms with Crippen LogP contribution in [0.3, 0.4) is 0 Å². The number of halogens is 1. The van der Waals surface area contributed by atoms with Gasteiger partial charge >= 0.3 is 0 Å². The molecule has 1 aliphatic heterocycles. The molecule has 1 atom stereocenters. The highest BCUT2D eigenvalue weighted by atomic mass is 19.1. The molecule has 2 aliphatic rings. The van der Waals surface area contributed by atoms with Crippen molar-refractivity contribution in [2.24, 2.45) is 5.92 Å². The Hall–Kier alpha value is -1.42. The van der Waals surface area contributed by atoms with Gasteiger partial charge in [0.05, 0.1) is 6.54 Å². The second-order valence-corrected chi connectivity index (χ2v) is 6.50. The SMILES string of the molecule is C[C@H]1CCCN(C(=O)CNC2(c3ccccc3F)CC2)C1. The fourth-order valence-corrected chi connectivity index (χ4v) is 3.29. The average molecular weight is 290 g/mol. The van der Waals surface area contributed by atoms with Crippen LogP contribution in [0.5, 0.6) is 0 Å². The Bertz CT molecular complexity index is 527. The Balaban J connectivity index is 1.60. The summed E-state index contributed by atoms with van der Waals surface area (Å²) in [6.07, 6.45) is 4.09. The molecule has 21 heavy (non-hydrogen) atoms. The molecule has 0 aromatic heterocycles. The average Bonchev–Trinajstić information content (AvgIpc) is 3.26. The first-order valence-corrected chi connectivity index (χ1v) is 7.88. The van der Waals surface area contributed by atoms with E-state index in [1.165, 1.54) is 12.5 Å². The van der Waals surface area contributed by atoms with E-state index < -0.39 is 0 Å². The van der Waals surface area contributed by atoms with E-state index in [0.717, 1.165) is 32.4 Å². The van der Waals surface area contributed by atoms with E-state index in [9.17, 15) is 9.18 Å². The molecular formula is C17H23FN2O.